The van der Waals surface area contributed by atoms with E-state index in [0.717, 1.165) is 38.0 Å². The van der Waals surface area contributed by atoms with Crippen LogP contribution in [0.15, 0.2) is 40.0 Å². The van der Waals surface area contributed by atoms with Gasteiger partial charge in [-0.3, -0.25) is 15.0 Å². The van der Waals surface area contributed by atoms with Gasteiger partial charge in [-0.15, -0.1) is 29.1 Å². The Hall–Kier alpha value is -1.88. The van der Waals surface area contributed by atoms with Gasteiger partial charge in [0.1, 0.15) is 5.82 Å². The summed E-state index contributed by atoms with van der Waals surface area (Å²) in [6, 6.07) is 4.27. The van der Waals surface area contributed by atoms with Crippen molar-refractivity contribution < 1.29 is 4.42 Å². The number of hydrogen-bond acceptors (Lipinski definition) is 5. The summed E-state index contributed by atoms with van der Waals surface area (Å²) < 4.78 is 5.31. The van der Waals surface area contributed by atoms with Gasteiger partial charge in [0.05, 0.1) is 12.8 Å². The number of H-pyrrole nitrogens is 1. The average Bonchev–Trinajstić information content (AvgIpc) is 3.41. The molecule has 0 radical (unpaired) electrons. The van der Waals surface area contributed by atoms with Crippen LogP contribution in [0, 0.1) is 0 Å². The van der Waals surface area contributed by atoms with Crippen LogP contribution in [0.2, 0.25) is 0 Å². The zero-order chi connectivity index (χ0) is 17.1. The summed E-state index contributed by atoms with van der Waals surface area (Å²) in [7, 11) is 1.82. The number of guanidine groups is 1. The van der Waals surface area contributed by atoms with Crippen molar-refractivity contribution >= 4 is 29.9 Å². The van der Waals surface area contributed by atoms with Gasteiger partial charge in [0, 0.05) is 39.3 Å². The molecular formula is C17H24IN7O. The molecule has 0 aliphatic carbocycles. The van der Waals surface area contributed by atoms with Crippen LogP contribution in [-0.2, 0) is 6.54 Å². The molecule has 0 saturated carbocycles. The maximum atomic E-state index is 5.31. The van der Waals surface area contributed by atoms with E-state index < -0.39 is 0 Å². The van der Waals surface area contributed by atoms with E-state index in [1.807, 2.05) is 19.2 Å². The molecule has 2 aliphatic rings. The third-order valence-corrected chi connectivity index (χ3v) is 4.72. The van der Waals surface area contributed by atoms with Crippen molar-refractivity contribution in [2.24, 2.45) is 4.99 Å². The van der Waals surface area contributed by atoms with Gasteiger partial charge in [-0.05, 0) is 18.6 Å². The number of nitrogens with zero attached hydrogens (tertiary/aromatic N) is 5. The Labute approximate surface area is 169 Å². The lowest BCUT2D eigenvalue weighted by atomic mass is 10.2. The second-order valence-electron chi connectivity index (χ2n) is 6.30. The quantitative estimate of drug-likeness (QED) is 0.307. The standard InChI is InChI=1S/C17H23N7O.HI/c1-18-17(24-9-6-13(12-24)23-7-2-3-8-23)19-11-15-20-16(22-21-15)14-5-4-10-25-14;/h2-5,10,13H,6-9,11-12H2,1H3,(H,18,19)(H,20,21,22);1H. The highest BCUT2D eigenvalue weighted by Gasteiger charge is 2.29. The molecule has 4 rings (SSSR count). The van der Waals surface area contributed by atoms with Crippen LogP contribution < -0.4 is 5.32 Å². The van der Waals surface area contributed by atoms with E-state index in [2.05, 4.69) is 47.4 Å². The van der Waals surface area contributed by atoms with Crippen LogP contribution in [0.25, 0.3) is 11.6 Å². The van der Waals surface area contributed by atoms with Gasteiger partial charge in [0.25, 0.3) is 0 Å². The first-order chi connectivity index (χ1) is 12.3. The van der Waals surface area contributed by atoms with Crippen molar-refractivity contribution in [3.05, 3.63) is 36.4 Å². The Morgan fingerprint density at radius 1 is 1.42 bits per heavy atom. The van der Waals surface area contributed by atoms with Crippen LogP contribution in [0.4, 0.5) is 0 Å². The summed E-state index contributed by atoms with van der Waals surface area (Å²) in [5.74, 6) is 2.89. The molecule has 0 bridgehead atoms. The van der Waals surface area contributed by atoms with Gasteiger partial charge >= 0.3 is 0 Å². The van der Waals surface area contributed by atoms with Crippen molar-refractivity contribution in [3.63, 3.8) is 0 Å². The number of furan rings is 1. The van der Waals surface area contributed by atoms with E-state index in [4.69, 9.17) is 4.42 Å². The van der Waals surface area contributed by atoms with Gasteiger partial charge in [-0.25, -0.2) is 4.98 Å². The summed E-state index contributed by atoms with van der Waals surface area (Å²) in [6.07, 6.45) is 7.28. The van der Waals surface area contributed by atoms with Crippen LogP contribution in [0.1, 0.15) is 12.2 Å². The zero-order valence-corrected chi connectivity index (χ0v) is 17.1. The number of rotatable bonds is 4. The molecule has 1 atom stereocenters. The number of hydrogen-bond donors (Lipinski definition) is 2. The summed E-state index contributed by atoms with van der Waals surface area (Å²) >= 11 is 0. The maximum Gasteiger partial charge on any atom is 0.216 e. The van der Waals surface area contributed by atoms with Gasteiger partial charge in [-0.2, -0.15) is 0 Å². The molecule has 8 nitrogen and oxygen atoms in total. The molecule has 1 unspecified atom stereocenters. The smallest absolute Gasteiger partial charge is 0.216 e. The molecule has 0 spiro atoms. The van der Waals surface area contributed by atoms with E-state index in [0.29, 0.717) is 24.2 Å². The summed E-state index contributed by atoms with van der Waals surface area (Å²) in [5, 5.41) is 10.5. The van der Waals surface area contributed by atoms with E-state index in [1.54, 1.807) is 6.26 Å². The second-order valence-corrected chi connectivity index (χ2v) is 6.30. The van der Waals surface area contributed by atoms with Crippen LogP contribution in [0.5, 0.6) is 0 Å². The molecule has 1 saturated heterocycles. The van der Waals surface area contributed by atoms with Crippen molar-refractivity contribution in [3.8, 4) is 11.6 Å². The highest BCUT2D eigenvalue weighted by molar-refractivity contribution is 14.0. The lowest BCUT2D eigenvalue weighted by Crippen LogP contribution is -2.42. The molecule has 140 valence electrons. The second kappa shape index (κ2) is 8.67. The molecule has 4 heterocycles. The minimum atomic E-state index is 0. The van der Waals surface area contributed by atoms with E-state index in [9.17, 15) is 0 Å². The molecule has 2 aromatic rings. The van der Waals surface area contributed by atoms with E-state index in [-0.39, 0.29) is 24.0 Å². The van der Waals surface area contributed by atoms with Crippen molar-refractivity contribution in [2.45, 2.75) is 19.0 Å². The molecular weight excluding hydrogens is 445 g/mol. The highest BCUT2D eigenvalue weighted by atomic mass is 127. The number of aromatic amines is 1. The predicted molar refractivity (Wildman–Crippen MR) is 110 cm³/mol. The van der Waals surface area contributed by atoms with E-state index >= 15 is 0 Å². The first kappa shape index (κ1) is 18.9. The van der Waals surface area contributed by atoms with Crippen LogP contribution in [0.3, 0.4) is 0 Å². The Balaban J connectivity index is 0.00000196. The number of aromatic nitrogens is 3. The first-order valence-corrected chi connectivity index (χ1v) is 8.63. The van der Waals surface area contributed by atoms with Crippen molar-refractivity contribution in [1.29, 1.82) is 0 Å². The van der Waals surface area contributed by atoms with Gasteiger partial charge in [0.15, 0.2) is 11.7 Å². The molecule has 0 aromatic carbocycles. The third-order valence-electron chi connectivity index (χ3n) is 4.72. The molecule has 2 N–H and O–H groups in total. The molecule has 0 amide bonds. The average molecular weight is 469 g/mol. The minimum absolute atomic E-state index is 0. The number of likely N-dealkylation sites (tertiary alicyclic amines) is 1. The normalized spacial score (nSPS) is 20.6. The van der Waals surface area contributed by atoms with Crippen LogP contribution >= 0.6 is 24.0 Å². The Kier molecular flexibility index (Phi) is 6.30. The van der Waals surface area contributed by atoms with Gasteiger partial charge in [-0.1, -0.05) is 12.2 Å². The van der Waals surface area contributed by atoms with Gasteiger partial charge < -0.3 is 14.6 Å². The molecule has 1 fully saturated rings. The first-order valence-electron chi connectivity index (χ1n) is 8.63. The molecule has 2 aliphatic heterocycles. The Morgan fingerprint density at radius 3 is 3.00 bits per heavy atom. The summed E-state index contributed by atoms with van der Waals surface area (Å²) in [6.45, 7) is 4.72. The van der Waals surface area contributed by atoms with Crippen molar-refractivity contribution in [2.75, 3.05) is 33.2 Å². The fourth-order valence-electron chi connectivity index (χ4n) is 3.41. The summed E-state index contributed by atoms with van der Waals surface area (Å²) in [5.41, 5.74) is 0. The topological polar surface area (TPSA) is 85.6 Å². The lowest BCUT2D eigenvalue weighted by molar-refractivity contribution is 0.259. The third kappa shape index (κ3) is 4.09. The zero-order valence-electron chi connectivity index (χ0n) is 14.8. The molecule has 9 heteroatoms. The fourth-order valence-corrected chi connectivity index (χ4v) is 3.41. The number of halogens is 1. The fraction of sp³-hybridized carbons (Fsp3) is 0.471. The number of aliphatic imine (C=N–C) groups is 1. The monoisotopic (exact) mass is 469 g/mol. The lowest BCUT2D eigenvalue weighted by Gasteiger charge is -2.25. The maximum absolute atomic E-state index is 5.31. The minimum Gasteiger partial charge on any atom is -0.461 e. The molecule has 2 aromatic heterocycles. The van der Waals surface area contributed by atoms with E-state index in [1.165, 1.54) is 6.42 Å². The molecule has 26 heavy (non-hydrogen) atoms. The number of nitrogens with one attached hydrogen (secondary N) is 2. The largest absolute Gasteiger partial charge is 0.461 e. The summed E-state index contributed by atoms with van der Waals surface area (Å²) in [4.78, 5) is 13.7. The Bertz CT molecular complexity index is 747. The van der Waals surface area contributed by atoms with Gasteiger partial charge in [0.2, 0.25) is 5.82 Å². The predicted octanol–water partition coefficient (Wildman–Crippen LogP) is 1.70. The van der Waals surface area contributed by atoms with Crippen molar-refractivity contribution in [1.82, 2.24) is 30.3 Å². The SMILES string of the molecule is CN=C(NCc1nc(-c2ccco2)n[nH]1)N1CCC(N2CC=CC2)C1.I. The highest BCUT2D eigenvalue weighted by Crippen LogP contribution is 2.18. The Morgan fingerprint density at radius 2 is 2.27 bits per heavy atom. The van der Waals surface area contributed by atoms with Crippen LogP contribution in [-0.4, -0.2) is 70.2 Å².